The minimum absolute atomic E-state index is 0.214. The number of carbonyl (C=O) groups excluding carboxylic acids is 1. The van der Waals surface area contributed by atoms with Crippen molar-refractivity contribution in [1.29, 1.82) is 0 Å². The normalized spacial score (nSPS) is 17.5. The van der Waals surface area contributed by atoms with Crippen molar-refractivity contribution in [2.24, 2.45) is 0 Å². The van der Waals surface area contributed by atoms with Crippen molar-refractivity contribution in [3.05, 3.63) is 83.2 Å². The van der Waals surface area contributed by atoms with Gasteiger partial charge in [0.1, 0.15) is 5.82 Å². The Labute approximate surface area is 220 Å². The molecule has 4 aromatic rings. The van der Waals surface area contributed by atoms with Crippen molar-refractivity contribution in [3.8, 4) is 0 Å². The molecule has 1 fully saturated rings. The zero-order valence-electron chi connectivity index (χ0n) is 21.3. The first kappa shape index (κ1) is 22.8. The lowest BCUT2D eigenvalue weighted by Gasteiger charge is -2.33. The number of anilines is 3. The first-order chi connectivity index (χ1) is 18.6. The van der Waals surface area contributed by atoms with E-state index >= 15 is 0 Å². The van der Waals surface area contributed by atoms with E-state index in [1.807, 2.05) is 48.3 Å². The summed E-state index contributed by atoms with van der Waals surface area (Å²) < 4.78 is 2.05. The third kappa shape index (κ3) is 3.96. The maximum Gasteiger partial charge on any atom is 0.272 e. The number of hydrogen-bond donors (Lipinski definition) is 1. The van der Waals surface area contributed by atoms with Gasteiger partial charge in [-0.2, -0.15) is 5.10 Å². The van der Waals surface area contributed by atoms with E-state index in [4.69, 9.17) is 4.98 Å². The monoisotopic (exact) mass is 507 g/mol. The van der Waals surface area contributed by atoms with E-state index in [-0.39, 0.29) is 11.4 Å². The van der Waals surface area contributed by atoms with Gasteiger partial charge < -0.3 is 15.1 Å². The molecule has 0 spiro atoms. The summed E-state index contributed by atoms with van der Waals surface area (Å²) in [5.41, 5.74) is 5.17. The Hall–Kier alpha value is -4.34. The molecule has 0 bridgehead atoms. The van der Waals surface area contributed by atoms with Gasteiger partial charge in [-0.15, -0.1) is 10.2 Å². The molecular formula is C28H29N9O. The van der Waals surface area contributed by atoms with E-state index in [1.54, 1.807) is 6.20 Å². The minimum atomic E-state index is -0.389. The van der Waals surface area contributed by atoms with Gasteiger partial charge in [0.25, 0.3) is 5.91 Å². The fourth-order valence-electron chi connectivity index (χ4n) is 5.62. The number of amides is 1. The van der Waals surface area contributed by atoms with Crippen LogP contribution in [0.5, 0.6) is 0 Å². The average Bonchev–Trinajstić information content (AvgIpc) is 3.57. The summed E-state index contributed by atoms with van der Waals surface area (Å²) in [5.74, 6) is 1.70. The summed E-state index contributed by atoms with van der Waals surface area (Å²) in [6.45, 7) is 5.39. The Morgan fingerprint density at radius 2 is 1.95 bits per heavy atom. The minimum Gasteiger partial charge on any atom is -0.350 e. The maximum atomic E-state index is 13.1. The van der Waals surface area contributed by atoms with Crippen molar-refractivity contribution in [2.75, 3.05) is 22.9 Å². The van der Waals surface area contributed by atoms with Crippen LogP contribution in [0.4, 0.5) is 17.3 Å². The number of aryl methyl sites for hydroxylation is 2. The van der Waals surface area contributed by atoms with Crippen LogP contribution in [-0.4, -0.2) is 48.9 Å². The van der Waals surface area contributed by atoms with Gasteiger partial charge in [0, 0.05) is 50.6 Å². The molecule has 4 aromatic heterocycles. The molecule has 7 rings (SSSR count). The number of fused-ring (bicyclic) bond motifs is 2. The second-order valence-electron chi connectivity index (χ2n) is 10.4. The van der Waals surface area contributed by atoms with E-state index in [1.165, 1.54) is 5.56 Å². The molecule has 2 aliphatic heterocycles. The number of hydrogen-bond acceptors (Lipinski definition) is 8. The first-order valence-corrected chi connectivity index (χ1v) is 13.2. The van der Waals surface area contributed by atoms with Crippen LogP contribution in [0.15, 0.2) is 55.0 Å². The summed E-state index contributed by atoms with van der Waals surface area (Å²) in [7, 11) is 0. The fraction of sp³-hybridized carbons (Fsp3) is 0.357. The highest BCUT2D eigenvalue weighted by molar-refractivity contribution is 5.93. The third-order valence-corrected chi connectivity index (χ3v) is 7.81. The van der Waals surface area contributed by atoms with Crippen LogP contribution in [0.25, 0.3) is 0 Å². The standard InChI is InChI=1S/C28H29N9O/c1-19-15-23(27(38)32-28(8-9-28)24-5-2-3-10-29-24)33-34-26(19)35-14-7-22-20(18-35)16-21(17-30-22)36-12-4-13-37-25(36)6-11-31-37/h2-3,5-6,10-11,15-17H,4,7-9,12-14,18H2,1H3,(H,32,38). The van der Waals surface area contributed by atoms with Crippen LogP contribution in [0, 0.1) is 6.92 Å². The topological polar surface area (TPSA) is 105 Å². The van der Waals surface area contributed by atoms with Crippen LogP contribution in [0.2, 0.25) is 0 Å². The predicted octanol–water partition coefficient (Wildman–Crippen LogP) is 3.30. The number of aromatic nitrogens is 6. The highest BCUT2D eigenvalue weighted by atomic mass is 16.2. The summed E-state index contributed by atoms with van der Waals surface area (Å²) in [6, 6.07) is 11.9. The van der Waals surface area contributed by atoms with Gasteiger partial charge in [-0.05, 0) is 61.6 Å². The van der Waals surface area contributed by atoms with E-state index in [9.17, 15) is 4.79 Å². The molecule has 192 valence electrons. The first-order valence-electron chi connectivity index (χ1n) is 13.2. The van der Waals surface area contributed by atoms with Gasteiger partial charge >= 0.3 is 0 Å². The summed E-state index contributed by atoms with van der Waals surface area (Å²) in [6.07, 6.45) is 9.24. The molecule has 3 aliphatic rings. The van der Waals surface area contributed by atoms with Crippen molar-refractivity contribution < 1.29 is 4.79 Å². The predicted molar refractivity (Wildman–Crippen MR) is 142 cm³/mol. The van der Waals surface area contributed by atoms with Gasteiger partial charge in [0.05, 0.1) is 29.3 Å². The molecule has 10 heteroatoms. The van der Waals surface area contributed by atoms with Crippen LogP contribution in [0.1, 0.15) is 52.3 Å². The lowest BCUT2D eigenvalue weighted by Crippen LogP contribution is -2.36. The Bertz CT molecular complexity index is 1510. The second kappa shape index (κ2) is 8.90. The van der Waals surface area contributed by atoms with Crippen molar-refractivity contribution in [1.82, 2.24) is 35.3 Å². The summed E-state index contributed by atoms with van der Waals surface area (Å²) in [5, 5.41) is 16.4. The lowest BCUT2D eigenvalue weighted by atomic mass is 10.0. The third-order valence-electron chi connectivity index (χ3n) is 7.81. The van der Waals surface area contributed by atoms with E-state index in [2.05, 4.69) is 47.5 Å². The number of rotatable bonds is 5. The van der Waals surface area contributed by atoms with Crippen LogP contribution >= 0.6 is 0 Å². The van der Waals surface area contributed by atoms with Crippen molar-refractivity contribution in [2.45, 2.75) is 51.2 Å². The van der Waals surface area contributed by atoms with Crippen LogP contribution in [-0.2, 0) is 25.0 Å². The summed E-state index contributed by atoms with van der Waals surface area (Å²) >= 11 is 0. The number of pyridine rings is 2. The Kier molecular flexibility index (Phi) is 5.34. The number of nitrogens with one attached hydrogen (secondary N) is 1. The Morgan fingerprint density at radius 1 is 1.03 bits per heavy atom. The number of carbonyl (C=O) groups is 1. The fourth-order valence-corrected chi connectivity index (χ4v) is 5.62. The molecule has 0 saturated heterocycles. The van der Waals surface area contributed by atoms with E-state index in [0.717, 1.165) is 79.6 Å². The van der Waals surface area contributed by atoms with E-state index < -0.39 is 0 Å². The van der Waals surface area contributed by atoms with Gasteiger partial charge in [-0.3, -0.25) is 14.8 Å². The van der Waals surface area contributed by atoms with Crippen molar-refractivity contribution >= 4 is 23.2 Å². The average molecular weight is 508 g/mol. The molecule has 1 saturated carbocycles. The van der Waals surface area contributed by atoms with Gasteiger partial charge in [0.2, 0.25) is 0 Å². The van der Waals surface area contributed by atoms with Crippen LogP contribution < -0.4 is 15.1 Å². The molecule has 0 aromatic carbocycles. The largest absolute Gasteiger partial charge is 0.350 e. The molecule has 1 N–H and O–H groups in total. The molecule has 0 unspecified atom stereocenters. The SMILES string of the molecule is Cc1cc(C(=O)NC2(c3ccccn3)CC2)nnc1N1CCc2ncc(N3CCCn4nccc43)cc2C1. The van der Waals surface area contributed by atoms with E-state index in [0.29, 0.717) is 12.2 Å². The molecule has 0 atom stereocenters. The van der Waals surface area contributed by atoms with Crippen molar-refractivity contribution in [3.63, 3.8) is 0 Å². The molecule has 6 heterocycles. The quantitative estimate of drug-likeness (QED) is 0.439. The number of nitrogens with zero attached hydrogens (tertiary/aromatic N) is 8. The zero-order chi connectivity index (χ0) is 25.7. The smallest absolute Gasteiger partial charge is 0.272 e. The molecular weight excluding hydrogens is 478 g/mol. The Balaban J connectivity index is 1.09. The van der Waals surface area contributed by atoms with Crippen LogP contribution in [0.3, 0.4) is 0 Å². The molecule has 38 heavy (non-hydrogen) atoms. The van der Waals surface area contributed by atoms with Gasteiger partial charge in [-0.1, -0.05) is 6.07 Å². The second-order valence-corrected chi connectivity index (χ2v) is 10.4. The lowest BCUT2D eigenvalue weighted by molar-refractivity contribution is 0.0923. The van der Waals surface area contributed by atoms with Gasteiger partial charge in [0.15, 0.2) is 11.5 Å². The summed E-state index contributed by atoms with van der Waals surface area (Å²) in [4.78, 5) is 26.8. The maximum absolute atomic E-state index is 13.1. The molecule has 1 amide bonds. The molecule has 0 radical (unpaired) electrons. The molecule has 1 aliphatic carbocycles. The molecule has 10 nitrogen and oxygen atoms in total. The highest BCUT2D eigenvalue weighted by Gasteiger charge is 2.47. The van der Waals surface area contributed by atoms with Gasteiger partial charge in [-0.25, -0.2) is 4.68 Å². The highest BCUT2D eigenvalue weighted by Crippen LogP contribution is 2.44. The zero-order valence-corrected chi connectivity index (χ0v) is 21.3. The Morgan fingerprint density at radius 3 is 2.76 bits per heavy atom.